The fraction of sp³-hybridized carbons (Fsp3) is 1.00. The van der Waals surface area contributed by atoms with E-state index < -0.39 is 0 Å². The summed E-state index contributed by atoms with van der Waals surface area (Å²) in [5.74, 6) is 0. The topological polar surface area (TPSA) is 15.3 Å². The summed E-state index contributed by atoms with van der Waals surface area (Å²) >= 11 is 0. The second-order valence-corrected chi connectivity index (χ2v) is 5.41. The highest BCUT2D eigenvalue weighted by Gasteiger charge is 2.29. The number of hydrogen-bond acceptors (Lipinski definition) is 2. The van der Waals surface area contributed by atoms with Crippen molar-refractivity contribution in [2.24, 2.45) is 0 Å². The summed E-state index contributed by atoms with van der Waals surface area (Å²) in [5.41, 5.74) is 0.382. The molecule has 1 aliphatic rings. The SMILES string of the molecule is CCCNC1CCCN(C(C)(C)CC)C1. The van der Waals surface area contributed by atoms with Gasteiger partial charge in [0, 0.05) is 18.1 Å². The van der Waals surface area contributed by atoms with Gasteiger partial charge in [-0.15, -0.1) is 0 Å². The van der Waals surface area contributed by atoms with Crippen LogP contribution >= 0.6 is 0 Å². The summed E-state index contributed by atoms with van der Waals surface area (Å²) in [4.78, 5) is 2.66. The molecule has 15 heavy (non-hydrogen) atoms. The van der Waals surface area contributed by atoms with Gasteiger partial charge in [0.15, 0.2) is 0 Å². The van der Waals surface area contributed by atoms with Gasteiger partial charge in [-0.2, -0.15) is 0 Å². The van der Waals surface area contributed by atoms with Gasteiger partial charge in [-0.05, 0) is 52.6 Å². The van der Waals surface area contributed by atoms with Crippen LogP contribution in [-0.2, 0) is 0 Å². The van der Waals surface area contributed by atoms with Crippen molar-refractivity contribution in [2.45, 2.75) is 65.0 Å². The van der Waals surface area contributed by atoms with E-state index >= 15 is 0 Å². The molecule has 0 aromatic rings. The number of rotatable bonds is 5. The lowest BCUT2D eigenvalue weighted by Gasteiger charge is -2.43. The van der Waals surface area contributed by atoms with E-state index in [4.69, 9.17) is 0 Å². The Bertz CT molecular complexity index is 177. The molecule has 2 nitrogen and oxygen atoms in total. The van der Waals surface area contributed by atoms with Crippen LogP contribution in [-0.4, -0.2) is 36.1 Å². The van der Waals surface area contributed by atoms with Crippen LogP contribution < -0.4 is 5.32 Å². The van der Waals surface area contributed by atoms with Crippen LogP contribution in [0.2, 0.25) is 0 Å². The van der Waals surface area contributed by atoms with Crippen molar-refractivity contribution >= 4 is 0 Å². The molecular weight excluding hydrogens is 184 g/mol. The average Bonchev–Trinajstić information content (AvgIpc) is 2.27. The summed E-state index contributed by atoms with van der Waals surface area (Å²) in [7, 11) is 0. The summed E-state index contributed by atoms with van der Waals surface area (Å²) in [6.07, 6.45) is 5.20. The Morgan fingerprint density at radius 1 is 1.33 bits per heavy atom. The van der Waals surface area contributed by atoms with Crippen LogP contribution in [0.25, 0.3) is 0 Å². The van der Waals surface area contributed by atoms with Crippen LogP contribution in [0, 0.1) is 0 Å². The number of nitrogens with zero attached hydrogens (tertiary/aromatic N) is 1. The third-order valence-electron chi connectivity index (χ3n) is 3.83. The van der Waals surface area contributed by atoms with Gasteiger partial charge >= 0.3 is 0 Å². The van der Waals surface area contributed by atoms with Crippen molar-refractivity contribution in [3.63, 3.8) is 0 Å². The first-order valence-electron chi connectivity index (χ1n) is 6.58. The zero-order chi connectivity index (χ0) is 11.3. The predicted octanol–water partition coefficient (Wildman–Crippen LogP) is 2.64. The molecule has 0 saturated carbocycles. The highest BCUT2D eigenvalue weighted by Crippen LogP contribution is 2.23. The molecule has 1 saturated heterocycles. The minimum atomic E-state index is 0.382. The van der Waals surface area contributed by atoms with Crippen molar-refractivity contribution in [2.75, 3.05) is 19.6 Å². The minimum Gasteiger partial charge on any atom is -0.313 e. The standard InChI is InChI=1S/C13H28N2/c1-5-9-14-12-8-7-10-15(11-12)13(3,4)6-2/h12,14H,5-11H2,1-4H3. The van der Waals surface area contributed by atoms with Crippen LogP contribution in [0.3, 0.4) is 0 Å². The van der Waals surface area contributed by atoms with E-state index in [2.05, 4.69) is 37.9 Å². The quantitative estimate of drug-likeness (QED) is 0.753. The smallest absolute Gasteiger partial charge is 0.0195 e. The molecule has 0 amide bonds. The maximum Gasteiger partial charge on any atom is 0.0195 e. The van der Waals surface area contributed by atoms with Crippen molar-refractivity contribution in [3.05, 3.63) is 0 Å². The Balaban J connectivity index is 2.41. The normalized spacial score (nSPS) is 24.4. The van der Waals surface area contributed by atoms with Gasteiger partial charge in [0.2, 0.25) is 0 Å². The summed E-state index contributed by atoms with van der Waals surface area (Å²) < 4.78 is 0. The first-order valence-corrected chi connectivity index (χ1v) is 6.58. The largest absolute Gasteiger partial charge is 0.313 e. The summed E-state index contributed by atoms with van der Waals surface area (Å²) in [6, 6.07) is 0.726. The maximum atomic E-state index is 3.66. The Kier molecular flexibility index (Phi) is 5.07. The van der Waals surface area contributed by atoms with E-state index in [0.29, 0.717) is 5.54 Å². The van der Waals surface area contributed by atoms with E-state index in [9.17, 15) is 0 Å². The first-order chi connectivity index (χ1) is 7.10. The molecular formula is C13H28N2. The van der Waals surface area contributed by atoms with Crippen molar-refractivity contribution in [1.29, 1.82) is 0 Å². The molecule has 1 N–H and O–H groups in total. The highest BCUT2D eigenvalue weighted by molar-refractivity contribution is 4.87. The summed E-state index contributed by atoms with van der Waals surface area (Å²) in [5, 5.41) is 3.66. The molecule has 90 valence electrons. The average molecular weight is 212 g/mol. The van der Waals surface area contributed by atoms with E-state index in [1.807, 2.05) is 0 Å². The van der Waals surface area contributed by atoms with Crippen LogP contribution in [0.15, 0.2) is 0 Å². The molecule has 1 rings (SSSR count). The first kappa shape index (κ1) is 13.0. The summed E-state index contributed by atoms with van der Waals surface area (Å²) in [6.45, 7) is 13.0. The van der Waals surface area contributed by atoms with Crippen molar-refractivity contribution in [1.82, 2.24) is 10.2 Å². The molecule has 0 aromatic carbocycles. The molecule has 0 radical (unpaired) electrons. The van der Waals surface area contributed by atoms with E-state index in [1.54, 1.807) is 0 Å². The Morgan fingerprint density at radius 2 is 2.07 bits per heavy atom. The Hall–Kier alpha value is -0.0800. The molecule has 1 atom stereocenters. The van der Waals surface area contributed by atoms with Crippen LogP contribution in [0.1, 0.15) is 53.4 Å². The van der Waals surface area contributed by atoms with Gasteiger partial charge in [-0.3, -0.25) is 4.90 Å². The monoisotopic (exact) mass is 212 g/mol. The zero-order valence-corrected chi connectivity index (χ0v) is 11.0. The molecule has 0 spiro atoms. The molecule has 2 heteroatoms. The van der Waals surface area contributed by atoms with Gasteiger partial charge in [0.25, 0.3) is 0 Å². The highest BCUT2D eigenvalue weighted by atomic mass is 15.2. The number of likely N-dealkylation sites (tertiary alicyclic amines) is 1. The second kappa shape index (κ2) is 5.86. The molecule has 0 aromatic heterocycles. The molecule has 0 bridgehead atoms. The van der Waals surface area contributed by atoms with E-state index in [0.717, 1.165) is 6.04 Å². The molecule has 1 heterocycles. The van der Waals surface area contributed by atoms with Crippen LogP contribution in [0.4, 0.5) is 0 Å². The number of hydrogen-bond donors (Lipinski definition) is 1. The van der Waals surface area contributed by atoms with E-state index in [-0.39, 0.29) is 0 Å². The number of nitrogens with one attached hydrogen (secondary N) is 1. The van der Waals surface area contributed by atoms with Crippen molar-refractivity contribution < 1.29 is 0 Å². The fourth-order valence-electron chi connectivity index (χ4n) is 2.27. The lowest BCUT2D eigenvalue weighted by Crippen LogP contribution is -2.53. The van der Waals surface area contributed by atoms with E-state index in [1.165, 1.54) is 45.3 Å². The third-order valence-corrected chi connectivity index (χ3v) is 3.83. The third kappa shape index (κ3) is 3.76. The van der Waals surface area contributed by atoms with Gasteiger partial charge < -0.3 is 5.32 Å². The lowest BCUT2D eigenvalue weighted by atomic mass is 9.94. The number of piperidine rings is 1. The lowest BCUT2D eigenvalue weighted by molar-refractivity contribution is 0.0748. The predicted molar refractivity (Wildman–Crippen MR) is 67.3 cm³/mol. The minimum absolute atomic E-state index is 0.382. The Morgan fingerprint density at radius 3 is 2.67 bits per heavy atom. The van der Waals surface area contributed by atoms with Crippen molar-refractivity contribution in [3.8, 4) is 0 Å². The fourth-order valence-corrected chi connectivity index (χ4v) is 2.27. The van der Waals surface area contributed by atoms with Gasteiger partial charge in [0.05, 0.1) is 0 Å². The molecule has 1 fully saturated rings. The molecule has 0 aliphatic carbocycles. The van der Waals surface area contributed by atoms with Gasteiger partial charge in [-0.1, -0.05) is 13.8 Å². The molecule has 1 aliphatic heterocycles. The van der Waals surface area contributed by atoms with Crippen LogP contribution in [0.5, 0.6) is 0 Å². The van der Waals surface area contributed by atoms with Gasteiger partial charge in [0.1, 0.15) is 0 Å². The maximum absolute atomic E-state index is 3.66. The second-order valence-electron chi connectivity index (χ2n) is 5.41. The Labute approximate surface area is 95.4 Å². The van der Waals surface area contributed by atoms with Gasteiger partial charge in [-0.25, -0.2) is 0 Å². The molecule has 1 unspecified atom stereocenters. The zero-order valence-electron chi connectivity index (χ0n) is 11.0.